The molecule has 16 nitrogen and oxygen atoms in total. The SMILES string of the molecule is CC1OC(OC2C(c3c(O)cc(O)c4c(=O)c(O)c(-c5ccc(O)c(O)c5)oc34)OC(CO)C(O)C2O)C(O)C(O)C1O. The normalized spacial score (nSPS) is 33.1. The van der Waals surface area contributed by atoms with E-state index in [1.54, 1.807) is 0 Å². The number of aliphatic hydroxyl groups is 6. The standard InChI is InChI=1S/C27H30O16/c1-7-16(33)19(36)22(39)27(40-7)43-26-20(37)17(34)13(6-28)41-25(26)15-12(32)5-11(31)14-18(35)21(38)23(42-24(14)15)8-2-3-9(29)10(30)4-8/h2-5,7,13,16-17,19-20,22,25-34,36-39H,6H2,1H3. The number of phenols is 4. The molecule has 1 aromatic heterocycles. The average Bonchev–Trinajstić information content (AvgIpc) is 2.96. The highest BCUT2D eigenvalue weighted by molar-refractivity contribution is 5.91. The van der Waals surface area contributed by atoms with Gasteiger partial charge in [-0.05, 0) is 25.1 Å². The predicted octanol–water partition coefficient (Wildman–Crippen LogP) is -1.65. The van der Waals surface area contributed by atoms with Crippen molar-refractivity contribution in [3.8, 4) is 40.1 Å². The Morgan fingerprint density at radius 1 is 0.791 bits per heavy atom. The van der Waals surface area contributed by atoms with Gasteiger partial charge < -0.3 is 74.8 Å². The van der Waals surface area contributed by atoms with Gasteiger partial charge in [-0.15, -0.1) is 0 Å². The Balaban J connectivity index is 1.71. The molecule has 0 saturated carbocycles. The fourth-order valence-electron chi connectivity index (χ4n) is 5.23. The van der Waals surface area contributed by atoms with E-state index in [1.807, 2.05) is 0 Å². The van der Waals surface area contributed by atoms with Gasteiger partial charge in [0.05, 0.1) is 18.3 Å². The smallest absolute Gasteiger partial charge is 0.238 e. The summed E-state index contributed by atoms with van der Waals surface area (Å²) in [4.78, 5) is 13.3. The van der Waals surface area contributed by atoms with Gasteiger partial charge in [-0.3, -0.25) is 4.79 Å². The highest BCUT2D eigenvalue weighted by Crippen LogP contribution is 2.46. The highest BCUT2D eigenvalue weighted by Gasteiger charge is 2.51. The molecule has 0 spiro atoms. The summed E-state index contributed by atoms with van der Waals surface area (Å²) in [7, 11) is 0. The van der Waals surface area contributed by atoms with Gasteiger partial charge in [0.15, 0.2) is 29.1 Å². The van der Waals surface area contributed by atoms with E-state index in [1.165, 1.54) is 13.0 Å². The van der Waals surface area contributed by atoms with Crippen LogP contribution in [-0.4, -0.2) is 118 Å². The lowest BCUT2D eigenvalue weighted by molar-refractivity contribution is -0.338. The molecule has 0 aliphatic carbocycles. The summed E-state index contributed by atoms with van der Waals surface area (Å²) in [6, 6.07) is 3.87. The molecule has 2 saturated heterocycles. The zero-order valence-corrected chi connectivity index (χ0v) is 22.3. The van der Waals surface area contributed by atoms with Crippen LogP contribution < -0.4 is 5.43 Å². The molecule has 2 aromatic carbocycles. The van der Waals surface area contributed by atoms with Gasteiger partial charge in [-0.1, -0.05) is 0 Å². The zero-order chi connectivity index (χ0) is 31.5. The van der Waals surface area contributed by atoms with Gasteiger partial charge in [-0.25, -0.2) is 0 Å². The summed E-state index contributed by atoms with van der Waals surface area (Å²) >= 11 is 0. The zero-order valence-electron chi connectivity index (χ0n) is 22.3. The molecule has 3 aromatic rings. The maximum absolute atomic E-state index is 13.3. The number of hydrogen-bond donors (Lipinski definition) is 11. The van der Waals surface area contributed by atoms with E-state index < -0.39 is 124 Å². The molecule has 10 unspecified atom stereocenters. The Kier molecular flexibility index (Phi) is 8.16. The minimum absolute atomic E-state index is 0.123. The number of fused-ring (bicyclic) bond motifs is 1. The van der Waals surface area contributed by atoms with Gasteiger partial charge in [0.2, 0.25) is 11.2 Å². The first-order valence-corrected chi connectivity index (χ1v) is 13.0. The minimum Gasteiger partial charge on any atom is -0.507 e. The molecule has 0 amide bonds. The molecular formula is C27H30O16. The lowest BCUT2D eigenvalue weighted by atomic mass is 9.89. The number of rotatable bonds is 5. The molecule has 16 heteroatoms. The van der Waals surface area contributed by atoms with Gasteiger partial charge >= 0.3 is 0 Å². The van der Waals surface area contributed by atoms with Crippen molar-refractivity contribution in [2.75, 3.05) is 6.61 Å². The maximum atomic E-state index is 13.3. The minimum atomic E-state index is -1.94. The van der Waals surface area contributed by atoms with Crippen LogP contribution in [0.2, 0.25) is 0 Å². The van der Waals surface area contributed by atoms with Crippen molar-refractivity contribution in [1.29, 1.82) is 0 Å². The fourth-order valence-corrected chi connectivity index (χ4v) is 5.23. The molecule has 5 rings (SSSR count). The van der Waals surface area contributed by atoms with Crippen LogP contribution in [0.3, 0.4) is 0 Å². The molecule has 11 N–H and O–H groups in total. The average molecular weight is 611 g/mol. The lowest BCUT2D eigenvalue weighted by Gasteiger charge is -2.46. The summed E-state index contributed by atoms with van der Waals surface area (Å²) in [6.45, 7) is 0.507. The van der Waals surface area contributed by atoms with Gasteiger partial charge in [0.25, 0.3) is 0 Å². The van der Waals surface area contributed by atoms with Crippen molar-refractivity contribution in [3.05, 3.63) is 40.1 Å². The third-order valence-corrected chi connectivity index (χ3v) is 7.63. The Morgan fingerprint density at radius 3 is 2.14 bits per heavy atom. The van der Waals surface area contributed by atoms with E-state index in [0.717, 1.165) is 12.1 Å². The first-order valence-electron chi connectivity index (χ1n) is 13.0. The molecule has 0 bridgehead atoms. The van der Waals surface area contributed by atoms with Crippen LogP contribution in [0.25, 0.3) is 22.3 Å². The number of hydrogen-bond acceptors (Lipinski definition) is 16. The Bertz CT molecular complexity index is 1570. The van der Waals surface area contributed by atoms with Crippen LogP contribution in [0.4, 0.5) is 0 Å². The molecular weight excluding hydrogens is 580 g/mol. The van der Waals surface area contributed by atoms with Gasteiger partial charge in [-0.2, -0.15) is 0 Å². The van der Waals surface area contributed by atoms with Crippen LogP contribution in [0.1, 0.15) is 18.6 Å². The first-order chi connectivity index (χ1) is 20.3. The maximum Gasteiger partial charge on any atom is 0.238 e. The van der Waals surface area contributed by atoms with Crippen molar-refractivity contribution in [3.63, 3.8) is 0 Å². The molecule has 10 atom stereocenters. The Morgan fingerprint density at radius 2 is 1.49 bits per heavy atom. The second-order valence-corrected chi connectivity index (χ2v) is 10.4. The molecule has 2 aliphatic heterocycles. The van der Waals surface area contributed by atoms with E-state index in [9.17, 15) is 61.0 Å². The largest absolute Gasteiger partial charge is 0.507 e. The van der Waals surface area contributed by atoms with Crippen molar-refractivity contribution >= 4 is 11.0 Å². The third kappa shape index (κ3) is 5.12. The molecule has 234 valence electrons. The second-order valence-electron chi connectivity index (χ2n) is 10.4. The van der Waals surface area contributed by atoms with Crippen molar-refractivity contribution in [2.45, 2.75) is 68.1 Å². The number of benzene rings is 2. The fraction of sp³-hybridized carbons (Fsp3) is 0.444. The lowest BCUT2D eigenvalue weighted by Crippen LogP contribution is -2.61. The quantitative estimate of drug-likeness (QED) is 0.144. The molecule has 43 heavy (non-hydrogen) atoms. The van der Waals surface area contributed by atoms with Crippen LogP contribution in [0, 0.1) is 0 Å². The topological polar surface area (TPSA) is 280 Å². The van der Waals surface area contributed by atoms with Crippen molar-refractivity contribution in [1.82, 2.24) is 0 Å². The van der Waals surface area contributed by atoms with Crippen LogP contribution in [0.15, 0.2) is 33.5 Å². The van der Waals surface area contributed by atoms with E-state index in [4.69, 9.17) is 18.6 Å². The molecule has 2 aliphatic rings. The summed E-state index contributed by atoms with van der Waals surface area (Å²) in [5.74, 6) is -4.41. The van der Waals surface area contributed by atoms with Crippen molar-refractivity contribution in [2.24, 2.45) is 0 Å². The van der Waals surface area contributed by atoms with Crippen molar-refractivity contribution < 1.29 is 74.8 Å². The van der Waals surface area contributed by atoms with Crippen LogP contribution in [-0.2, 0) is 14.2 Å². The summed E-state index contributed by atoms with van der Waals surface area (Å²) in [5, 5.41) is 113. The molecule has 3 heterocycles. The van der Waals surface area contributed by atoms with E-state index >= 15 is 0 Å². The van der Waals surface area contributed by atoms with E-state index in [2.05, 4.69) is 0 Å². The predicted molar refractivity (Wildman–Crippen MR) is 140 cm³/mol. The van der Waals surface area contributed by atoms with Crippen LogP contribution >= 0.6 is 0 Å². The van der Waals surface area contributed by atoms with E-state index in [0.29, 0.717) is 6.07 Å². The first kappa shape index (κ1) is 30.7. The number of aromatic hydroxyl groups is 5. The monoisotopic (exact) mass is 610 g/mol. The van der Waals surface area contributed by atoms with E-state index in [-0.39, 0.29) is 5.56 Å². The second kappa shape index (κ2) is 11.4. The number of aliphatic hydroxyl groups excluding tert-OH is 6. The Labute approximate surface area is 241 Å². The number of phenolic OH excluding ortho intramolecular Hbond substituents is 4. The molecule has 2 fully saturated rings. The third-order valence-electron chi connectivity index (χ3n) is 7.63. The summed E-state index contributed by atoms with van der Waals surface area (Å²) in [5.41, 5.74) is -2.42. The van der Waals surface area contributed by atoms with Gasteiger partial charge in [0, 0.05) is 11.6 Å². The molecule has 0 radical (unpaired) electrons. The highest BCUT2D eigenvalue weighted by atomic mass is 16.7. The number of ether oxygens (including phenoxy) is 3. The summed E-state index contributed by atoms with van der Waals surface area (Å²) < 4.78 is 22.7. The van der Waals surface area contributed by atoms with Gasteiger partial charge in [0.1, 0.15) is 65.7 Å². The Hall–Kier alpha value is -3.71. The van der Waals surface area contributed by atoms with Crippen LogP contribution in [0.5, 0.6) is 28.7 Å². The summed E-state index contributed by atoms with van der Waals surface area (Å²) in [6.07, 6.45) is -16.8.